The fourth-order valence-corrected chi connectivity index (χ4v) is 1.49. The zero-order chi connectivity index (χ0) is 17.0. The Morgan fingerprint density at radius 3 is 2.23 bits per heavy atom. The SMILES string of the molecule is CCOC(=O)C(=C=[N+](C)C)C(=O)c1cc(F)c(F)c(F)c1F. The van der Waals surface area contributed by atoms with Gasteiger partial charge in [-0.05, 0) is 13.0 Å². The van der Waals surface area contributed by atoms with Gasteiger partial charge in [-0.3, -0.25) is 4.79 Å². The molecule has 0 fully saturated rings. The number of nitrogens with zero attached hydrogens (tertiary/aromatic N) is 1. The molecule has 0 unspecified atom stereocenters. The van der Waals surface area contributed by atoms with Crippen molar-refractivity contribution in [1.82, 2.24) is 0 Å². The van der Waals surface area contributed by atoms with E-state index in [1.807, 2.05) is 0 Å². The van der Waals surface area contributed by atoms with Gasteiger partial charge in [0.1, 0.15) is 14.1 Å². The highest BCUT2D eigenvalue weighted by atomic mass is 19.2. The zero-order valence-electron chi connectivity index (χ0n) is 12.0. The van der Waals surface area contributed by atoms with Crippen LogP contribution in [0.2, 0.25) is 0 Å². The first-order valence-electron chi connectivity index (χ1n) is 6.06. The summed E-state index contributed by atoms with van der Waals surface area (Å²) in [6.45, 7) is 1.38. The molecule has 1 aromatic carbocycles. The Labute approximate surface area is 123 Å². The molecule has 4 nitrogen and oxygen atoms in total. The van der Waals surface area contributed by atoms with Crippen LogP contribution in [0.15, 0.2) is 11.6 Å². The maximum atomic E-state index is 13.6. The van der Waals surface area contributed by atoms with Crippen molar-refractivity contribution in [2.45, 2.75) is 6.92 Å². The van der Waals surface area contributed by atoms with Crippen molar-refractivity contribution >= 4 is 17.6 Å². The maximum Gasteiger partial charge on any atom is 0.356 e. The Hall–Kier alpha value is -2.47. The lowest BCUT2D eigenvalue weighted by atomic mass is 10.0. The highest BCUT2D eigenvalue weighted by Crippen LogP contribution is 2.21. The molecule has 0 saturated heterocycles. The molecular weight excluding hydrogens is 306 g/mol. The first-order chi connectivity index (χ1) is 10.2. The van der Waals surface area contributed by atoms with Crippen LogP contribution in [0.5, 0.6) is 0 Å². The van der Waals surface area contributed by atoms with E-state index in [0.717, 1.165) is 4.58 Å². The number of carbonyl (C=O) groups is 2. The monoisotopic (exact) mass is 318 g/mol. The molecule has 0 spiro atoms. The van der Waals surface area contributed by atoms with Crippen LogP contribution < -0.4 is 0 Å². The Kier molecular flexibility index (Phi) is 5.59. The minimum absolute atomic E-state index is 0.0840. The summed E-state index contributed by atoms with van der Waals surface area (Å²) in [6, 6.07) is 0.173. The van der Waals surface area contributed by atoms with Gasteiger partial charge in [0.05, 0.1) is 12.2 Å². The normalized spacial score (nSPS) is 9.95. The molecule has 0 aliphatic rings. The van der Waals surface area contributed by atoms with Crippen molar-refractivity contribution in [2.24, 2.45) is 0 Å². The molecule has 0 N–H and O–H groups in total. The van der Waals surface area contributed by atoms with Gasteiger partial charge in [0.2, 0.25) is 11.4 Å². The van der Waals surface area contributed by atoms with Gasteiger partial charge in [0.25, 0.3) is 0 Å². The lowest BCUT2D eigenvalue weighted by Crippen LogP contribution is -2.20. The van der Waals surface area contributed by atoms with E-state index in [4.69, 9.17) is 0 Å². The standard InChI is InChI=1S/C14H12F4NO3/c1-4-22-14(21)8(6-19(2)3)13(20)7-5-9(15)11(17)12(18)10(7)16/h5H,4H2,1-3H3/q+1. The van der Waals surface area contributed by atoms with Gasteiger partial charge in [-0.2, -0.15) is 4.58 Å². The van der Waals surface area contributed by atoms with Gasteiger partial charge < -0.3 is 4.74 Å². The van der Waals surface area contributed by atoms with Gasteiger partial charge in [-0.15, -0.1) is 0 Å². The smallest absolute Gasteiger partial charge is 0.356 e. The molecule has 0 aliphatic carbocycles. The summed E-state index contributed by atoms with van der Waals surface area (Å²) >= 11 is 0. The summed E-state index contributed by atoms with van der Waals surface area (Å²) in [4.78, 5) is 23.8. The van der Waals surface area contributed by atoms with Crippen molar-refractivity contribution in [3.8, 4) is 0 Å². The molecule has 0 heterocycles. The van der Waals surface area contributed by atoms with E-state index in [0.29, 0.717) is 0 Å². The van der Waals surface area contributed by atoms with E-state index in [1.54, 1.807) is 0 Å². The summed E-state index contributed by atoms with van der Waals surface area (Å²) < 4.78 is 58.7. The first-order valence-corrected chi connectivity index (χ1v) is 6.06. The average Bonchev–Trinajstić information content (AvgIpc) is 2.45. The molecule has 8 heteroatoms. The summed E-state index contributed by atoms with van der Waals surface area (Å²) in [7, 11) is 2.82. The third kappa shape index (κ3) is 3.59. The molecule has 0 atom stereocenters. The highest BCUT2D eigenvalue weighted by Gasteiger charge is 2.30. The van der Waals surface area contributed by atoms with Gasteiger partial charge in [0.15, 0.2) is 29.1 Å². The number of rotatable bonds is 4. The third-order valence-electron chi connectivity index (χ3n) is 2.39. The van der Waals surface area contributed by atoms with Crippen LogP contribution in [0, 0.1) is 23.3 Å². The van der Waals surface area contributed by atoms with Crippen LogP contribution in [0.1, 0.15) is 17.3 Å². The minimum atomic E-state index is -2.14. The number of carbonyl (C=O) groups excluding carboxylic acids is 2. The van der Waals surface area contributed by atoms with Crippen molar-refractivity contribution in [2.75, 3.05) is 20.7 Å². The van der Waals surface area contributed by atoms with E-state index in [-0.39, 0.29) is 12.7 Å². The number of hydrogen-bond acceptors (Lipinski definition) is 3. The highest BCUT2D eigenvalue weighted by molar-refractivity contribution is 6.29. The zero-order valence-corrected chi connectivity index (χ0v) is 12.0. The molecule has 0 bridgehead atoms. The quantitative estimate of drug-likeness (QED) is 0.0813. The van der Waals surface area contributed by atoms with Crippen molar-refractivity contribution in [3.63, 3.8) is 0 Å². The largest absolute Gasteiger partial charge is 0.462 e. The lowest BCUT2D eigenvalue weighted by molar-refractivity contribution is -0.456. The Bertz CT molecular complexity index is 703. The van der Waals surface area contributed by atoms with Gasteiger partial charge in [-0.25, -0.2) is 22.4 Å². The predicted octanol–water partition coefficient (Wildman–Crippen LogP) is 1.86. The Morgan fingerprint density at radius 2 is 1.73 bits per heavy atom. The second-order valence-corrected chi connectivity index (χ2v) is 4.28. The van der Waals surface area contributed by atoms with E-state index in [1.165, 1.54) is 21.0 Å². The fraction of sp³-hybridized carbons (Fsp3) is 0.286. The number of ketones is 1. The average molecular weight is 318 g/mol. The molecule has 1 aromatic rings. The molecule has 0 radical (unpaired) electrons. The number of halogens is 4. The van der Waals surface area contributed by atoms with E-state index in [2.05, 4.69) is 10.6 Å². The molecular formula is C14H12F4NO3+. The van der Waals surface area contributed by atoms with Crippen molar-refractivity contribution in [1.29, 1.82) is 0 Å². The second kappa shape index (κ2) is 7.00. The summed E-state index contributed by atoms with van der Waals surface area (Å²) in [5.74, 6) is -8.10. The number of Topliss-reactive ketones (excluding diaryl/α,β-unsaturated/α-hetero) is 1. The molecule has 0 aromatic heterocycles. The van der Waals surface area contributed by atoms with Crippen LogP contribution in [-0.2, 0) is 9.53 Å². The third-order valence-corrected chi connectivity index (χ3v) is 2.39. The van der Waals surface area contributed by atoms with Crippen molar-refractivity contribution < 1.29 is 36.5 Å². The van der Waals surface area contributed by atoms with Gasteiger partial charge >= 0.3 is 5.97 Å². The summed E-state index contributed by atoms with van der Waals surface area (Å²) in [5.41, 5.74) is -1.90. The van der Waals surface area contributed by atoms with E-state index in [9.17, 15) is 27.2 Å². The Balaban J connectivity index is 3.52. The van der Waals surface area contributed by atoms with Crippen LogP contribution >= 0.6 is 0 Å². The van der Waals surface area contributed by atoms with Gasteiger partial charge in [0, 0.05) is 0 Å². The number of benzene rings is 1. The topological polar surface area (TPSA) is 46.4 Å². The maximum absolute atomic E-state index is 13.6. The van der Waals surface area contributed by atoms with E-state index < -0.39 is 46.2 Å². The summed E-state index contributed by atoms with van der Waals surface area (Å²) in [5, 5.41) is 0. The molecule has 0 aliphatic heterocycles. The molecule has 118 valence electrons. The van der Waals surface area contributed by atoms with Crippen LogP contribution in [0.3, 0.4) is 0 Å². The molecule has 22 heavy (non-hydrogen) atoms. The molecule has 1 rings (SSSR count). The van der Waals surface area contributed by atoms with Crippen LogP contribution in [0.25, 0.3) is 0 Å². The molecule has 0 saturated carbocycles. The van der Waals surface area contributed by atoms with Crippen LogP contribution in [0.4, 0.5) is 17.6 Å². The fourth-order valence-electron chi connectivity index (χ4n) is 1.49. The number of hydrogen-bond donors (Lipinski definition) is 0. The summed E-state index contributed by atoms with van der Waals surface area (Å²) in [6.07, 6.45) is 0. The lowest BCUT2D eigenvalue weighted by Gasteiger charge is -2.05. The number of esters is 1. The second-order valence-electron chi connectivity index (χ2n) is 4.28. The molecule has 0 amide bonds. The Morgan fingerprint density at radius 1 is 1.14 bits per heavy atom. The minimum Gasteiger partial charge on any atom is -0.462 e. The first kappa shape index (κ1) is 17.6. The predicted molar refractivity (Wildman–Crippen MR) is 67.9 cm³/mol. The number of ether oxygens (including phenoxy) is 1. The van der Waals surface area contributed by atoms with Crippen LogP contribution in [-0.4, -0.2) is 42.9 Å². The van der Waals surface area contributed by atoms with Gasteiger partial charge in [-0.1, -0.05) is 0 Å². The van der Waals surface area contributed by atoms with E-state index >= 15 is 0 Å². The van der Waals surface area contributed by atoms with Crippen molar-refractivity contribution in [3.05, 3.63) is 40.5 Å².